The molecule has 1 fully saturated rings. The van der Waals surface area contributed by atoms with Crippen LogP contribution in [0, 0.1) is 11.6 Å². The molecule has 36 heavy (non-hydrogen) atoms. The normalized spacial score (nSPS) is 18.9. The molecule has 1 heterocycles. The van der Waals surface area contributed by atoms with E-state index in [2.05, 4.69) is 0 Å². The van der Waals surface area contributed by atoms with Gasteiger partial charge in [-0.1, -0.05) is 30.3 Å². The van der Waals surface area contributed by atoms with Gasteiger partial charge >= 0.3 is 0 Å². The van der Waals surface area contributed by atoms with Crippen molar-refractivity contribution in [2.24, 2.45) is 0 Å². The van der Waals surface area contributed by atoms with Crippen molar-refractivity contribution >= 4 is 31.5 Å². The highest BCUT2D eigenvalue weighted by molar-refractivity contribution is 7.91. The summed E-state index contributed by atoms with van der Waals surface area (Å²) < 4.78 is 93.5. The summed E-state index contributed by atoms with van der Waals surface area (Å²) in [5, 5.41) is 0. The van der Waals surface area contributed by atoms with Crippen molar-refractivity contribution in [2.75, 3.05) is 17.7 Å². The minimum Gasteiger partial charge on any atom is -0.308 e. The Bertz CT molecular complexity index is 1540. The fourth-order valence-corrected chi connectivity index (χ4v) is 6.16. The van der Waals surface area contributed by atoms with Crippen molar-refractivity contribution in [1.82, 2.24) is 4.72 Å². The predicted octanol–water partition coefficient (Wildman–Crippen LogP) is 3.81. The smallest absolute Gasteiger partial charge is 0.280 e. The Balaban J connectivity index is 1.61. The van der Waals surface area contributed by atoms with E-state index in [0.29, 0.717) is 23.3 Å². The summed E-state index contributed by atoms with van der Waals surface area (Å²) >= 11 is 0. The van der Waals surface area contributed by atoms with E-state index in [-0.39, 0.29) is 23.5 Å². The standard InChI is InChI=1S/C24H21F3N2O5S2/c1-35(31,32)22-6-3-2-5-19(22)16-7-9-17(10-8-16)29-14-4-13-24(27,23(29)30)28-36(33,34)18-11-12-20(25)21(26)15-18/h2-3,5-12,15,28H,4,13-14H2,1H3. The highest BCUT2D eigenvalue weighted by Crippen LogP contribution is 2.33. The number of hydrogen-bond acceptors (Lipinski definition) is 5. The number of nitrogens with zero attached hydrogens (tertiary/aromatic N) is 1. The van der Waals surface area contributed by atoms with E-state index in [4.69, 9.17) is 0 Å². The number of carbonyl (C=O) groups excluding carboxylic acids is 1. The Hall–Kier alpha value is -3.22. The summed E-state index contributed by atoms with van der Waals surface area (Å²) in [6.07, 6.45) is 0.751. The van der Waals surface area contributed by atoms with Crippen LogP contribution in [-0.4, -0.2) is 41.3 Å². The van der Waals surface area contributed by atoms with Crippen molar-refractivity contribution in [2.45, 2.75) is 28.4 Å². The van der Waals surface area contributed by atoms with Crippen LogP contribution in [-0.2, 0) is 24.7 Å². The van der Waals surface area contributed by atoms with Crippen molar-refractivity contribution in [3.63, 3.8) is 0 Å². The highest BCUT2D eigenvalue weighted by Gasteiger charge is 2.48. The zero-order valence-electron chi connectivity index (χ0n) is 18.9. The zero-order valence-corrected chi connectivity index (χ0v) is 20.5. The van der Waals surface area contributed by atoms with Gasteiger partial charge in [0.05, 0.1) is 9.79 Å². The van der Waals surface area contributed by atoms with Crippen molar-refractivity contribution in [3.8, 4) is 11.1 Å². The van der Waals surface area contributed by atoms with Crippen molar-refractivity contribution in [3.05, 3.63) is 78.4 Å². The topological polar surface area (TPSA) is 101 Å². The minimum atomic E-state index is -4.69. The highest BCUT2D eigenvalue weighted by atomic mass is 32.2. The van der Waals surface area contributed by atoms with Crippen LogP contribution in [0.1, 0.15) is 12.8 Å². The second-order valence-electron chi connectivity index (χ2n) is 8.36. The first-order chi connectivity index (χ1) is 16.8. The molecule has 3 aromatic rings. The average Bonchev–Trinajstić information content (AvgIpc) is 2.82. The van der Waals surface area contributed by atoms with Crippen LogP contribution in [0.15, 0.2) is 76.5 Å². The molecule has 3 aromatic carbocycles. The number of anilines is 1. The Labute approximate surface area is 206 Å². The number of nitrogens with one attached hydrogen (secondary N) is 1. The molecule has 1 N–H and O–H groups in total. The molecule has 1 aliphatic heterocycles. The number of benzene rings is 3. The quantitative estimate of drug-likeness (QED) is 0.481. The summed E-state index contributed by atoms with van der Waals surface area (Å²) in [6.45, 7) is 0.108. The lowest BCUT2D eigenvalue weighted by Gasteiger charge is -2.36. The van der Waals surface area contributed by atoms with E-state index in [1.165, 1.54) is 18.2 Å². The van der Waals surface area contributed by atoms with Crippen LogP contribution in [0.5, 0.6) is 0 Å². The molecule has 0 radical (unpaired) electrons. The summed E-state index contributed by atoms with van der Waals surface area (Å²) in [6, 6.07) is 14.3. The molecule has 1 saturated heterocycles. The SMILES string of the molecule is CS(=O)(=O)c1ccccc1-c1ccc(N2CCCC(F)(NS(=O)(=O)c3ccc(F)c(F)c3)C2=O)cc1. The molecular weight excluding hydrogens is 517 g/mol. The zero-order chi connectivity index (χ0) is 26.3. The number of amides is 1. The number of sulfonamides is 1. The summed E-state index contributed by atoms with van der Waals surface area (Å²) in [5.41, 5.74) is 1.28. The van der Waals surface area contributed by atoms with Gasteiger partial charge in [0, 0.05) is 30.5 Å². The average molecular weight is 539 g/mol. The number of carbonyl (C=O) groups is 1. The lowest BCUT2D eigenvalue weighted by Crippen LogP contribution is -2.60. The van der Waals surface area contributed by atoms with Gasteiger partial charge in [0.2, 0.25) is 10.0 Å². The Morgan fingerprint density at radius 3 is 2.22 bits per heavy atom. The van der Waals surface area contributed by atoms with E-state index in [1.807, 2.05) is 0 Å². The molecule has 0 saturated carbocycles. The molecule has 12 heteroatoms. The first-order valence-electron chi connectivity index (χ1n) is 10.7. The molecule has 190 valence electrons. The van der Waals surface area contributed by atoms with Crippen LogP contribution in [0.3, 0.4) is 0 Å². The Kier molecular flexibility index (Phi) is 6.71. The van der Waals surface area contributed by atoms with Crippen molar-refractivity contribution in [1.29, 1.82) is 0 Å². The van der Waals surface area contributed by atoms with E-state index in [9.17, 15) is 30.4 Å². The third-order valence-electron chi connectivity index (χ3n) is 5.76. The predicted molar refractivity (Wildman–Crippen MR) is 127 cm³/mol. The van der Waals surface area contributed by atoms with Crippen LogP contribution in [0.2, 0.25) is 0 Å². The Morgan fingerprint density at radius 1 is 0.917 bits per heavy atom. The molecule has 1 amide bonds. The number of rotatable bonds is 6. The lowest BCUT2D eigenvalue weighted by molar-refractivity contribution is -0.133. The van der Waals surface area contributed by atoms with Gasteiger partial charge in [-0.25, -0.2) is 30.0 Å². The fraction of sp³-hybridized carbons (Fsp3) is 0.208. The second kappa shape index (κ2) is 9.34. The van der Waals surface area contributed by atoms with Gasteiger partial charge in [-0.05, 0) is 48.4 Å². The molecule has 4 rings (SSSR count). The number of hydrogen-bond donors (Lipinski definition) is 1. The van der Waals surface area contributed by atoms with Crippen LogP contribution in [0.25, 0.3) is 11.1 Å². The van der Waals surface area contributed by atoms with E-state index in [1.54, 1.807) is 35.1 Å². The lowest BCUT2D eigenvalue weighted by atomic mass is 10.0. The first kappa shape index (κ1) is 25.9. The van der Waals surface area contributed by atoms with Gasteiger partial charge in [-0.2, -0.15) is 4.72 Å². The molecule has 0 bridgehead atoms. The first-order valence-corrected chi connectivity index (χ1v) is 14.1. The van der Waals surface area contributed by atoms with Crippen molar-refractivity contribution < 1.29 is 34.8 Å². The maximum absolute atomic E-state index is 15.7. The maximum Gasteiger partial charge on any atom is 0.280 e. The Morgan fingerprint density at radius 2 is 1.58 bits per heavy atom. The third-order valence-corrected chi connectivity index (χ3v) is 8.38. The van der Waals surface area contributed by atoms with Gasteiger partial charge in [0.15, 0.2) is 21.5 Å². The molecule has 1 unspecified atom stereocenters. The molecule has 0 aromatic heterocycles. The summed E-state index contributed by atoms with van der Waals surface area (Å²) in [7, 11) is -8.20. The molecule has 0 spiro atoms. The molecule has 1 aliphatic rings. The number of alkyl halides is 1. The maximum atomic E-state index is 15.7. The molecule has 0 aliphatic carbocycles. The van der Waals surface area contributed by atoms with Gasteiger partial charge in [-0.3, -0.25) is 4.79 Å². The molecular formula is C24H21F3N2O5S2. The number of piperidine rings is 1. The van der Waals surface area contributed by atoms with E-state index < -0.39 is 54.5 Å². The van der Waals surface area contributed by atoms with E-state index in [0.717, 1.165) is 17.2 Å². The van der Waals surface area contributed by atoms with Gasteiger partial charge in [-0.15, -0.1) is 0 Å². The monoisotopic (exact) mass is 538 g/mol. The molecule has 1 atom stereocenters. The number of sulfone groups is 1. The summed E-state index contributed by atoms with van der Waals surface area (Å²) in [5.74, 6) is -6.88. The fourth-order valence-electron chi connectivity index (χ4n) is 4.01. The minimum absolute atomic E-state index is 0.108. The van der Waals surface area contributed by atoms with Crippen LogP contribution >= 0.6 is 0 Å². The molecule has 7 nitrogen and oxygen atoms in total. The number of halogens is 3. The van der Waals surface area contributed by atoms with Crippen LogP contribution < -0.4 is 9.62 Å². The van der Waals surface area contributed by atoms with Gasteiger partial charge < -0.3 is 4.90 Å². The van der Waals surface area contributed by atoms with Gasteiger partial charge in [0.1, 0.15) is 0 Å². The van der Waals surface area contributed by atoms with E-state index >= 15 is 4.39 Å². The second-order valence-corrected chi connectivity index (χ2v) is 12.0. The third kappa shape index (κ3) is 5.01. The van der Waals surface area contributed by atoms with Crippen LogP contribution in [0.4, 0.5) is 18.9 Å². The summed E-state index contributed by atoms with van der Waals surface area (Å²) in [4.78, 5) is 13.5. The van der Waals surface area contributed by atoms with Gasteiger partial charge in [0.25, 0.3) is 11.7 Å². The largest absolute Gasteiger partial charge is 0.308 e.